The fraction of sp³-hybridized carbons (Fsp3) is 0.208. The van der Waals surface area contributed by atoms with Gasteiger partial charge in [0.2, 0.25) is 0 Å². The molecular weight excluding hydrogens is 492 g/mol. The number of carbonyl (C=O) groups is 1. The number of hydrogen-bond acceptors (Lipinski definition) is 6. The van der Waals surface area contributed by atoms with Gasteiger partial charge in [-0.15, -0.1) is 0 Å². The molecule has 164 valence electrons. The molecular formula is C24H21BrN2O4S. The van der Waals surface area contributed by atoms with Gasteiger partial charge >= 0.3 is 5.97 Å². The zero-order chi connectivity index (χ0) is 22.8. The average Bonchev–Trinajstić information content (AvgIpc) is 3.07. The summed E-state index contributed by atoms with van der Waals surface area (Å²) < 4.78 is 13.9. The number of allylic oxidation sites excluding steroid dienone is 1. The van der Waals surface area contributed by atoms with E-state index in [4.69, 9.17) is 9.47 Å². The molecule has 6 nitrogen and oxygen atoms in total. The van der Waals surface area contributed by atoms with E-state index < -0.39 is 12.0 Å². The zero-order valence-corrected chi connectivity index (χ0v) is 20.2. The van der Waals surface area contributed by atoms with Crippen LogP contribution in [-0.4, -0.2) is 24.3 Å². The molecule has 8 heteroatoms. The van der Waals surface area contributed by atoms with Gasteiger partial charge in [-0.2, -0.15) is 0 Å². The van der Waals surface area contributed by atoms with E-state index in [1.807, 2.05) is 54.6 Å². The highest BCUT2D eigenvalue weighted by atomic mass is 79.9. The zero-order valence-electron chi connectivity index (χ0n) is 17.8. The van der Waals surface area contributed by atoms with Crippen LogP contribution in [-0.2, 0) is 9.53 Å². The van der Waals surface area contributed by atoms with Crippen LogP contribution in [0, 0.1) is 0 Å². The lowest BCUT2D eigenvalue weighted by atomic mass is 9.95. The van der Waals surface area contributed by atoms with Crippen molar-refractivity contribution in [2.45, 2.75) is 19.9 Å². The molecule has 1 aliphatic heterocycles. The molecule has 2 heterocycles. The van der Waals surface area contributed by atoms with Crippen LogP contribution in [0.5, 0.6) is 5.75 Å². The SMILES string of the molecule is CCOC(=O)C1=C(C)N=c2s/c(=C\c3cccc(Br)c3)c(=O)n2C1c1ccccc1OC. The van der Waals surface area contributed by atoms with Gasteiger partial charge in [0.15, 0.2) is 4.80 Å². The molecule has 0 saturated heterocycles. The van der Waals surface area contributed by atoms with Crippen molar-refractivity contribution in [2.75, 3.05) is 13.7 Å². The van der Waals surface area contributed by atoms with Gasteiger partial charge < -0.3 is 9.47 Å². The molecule has 1 atom stereocenters. The van der Waals surface area contributed by atoms with Gasteiger partial charge in [0.05, 0.1) is 29.5 Å². The van der Waals surface area contributed by atoms with Gasteiger partial charge in [0, 0.05) is 10.0 Å². The molecule has 1 aliphatic rings. The first-order valence-electron chi connectivity index (χ1n) is 10.0. The van der Waals surface area contributed by atoms with E-state index in [0.717, 1.165) is 10.0 Å². The number of esters is 1. The van der Waals surface area contributed by atoms with Crippen LogP contribution < -0.4 is 19.6 Å². The molecule has 2 aromatic carbocycles. The van der Waals surface area contributed by atoms with E-state index in [1.54, 1.807) is 25.5 Å². The third-order valence-corrected chi connectivity index (χ3v) is 6.57. The third kappa shape index (κ3) is 4.08. The maximum atomic E-state index is 13.6. The van der Waals surface area contributed by atoms with Crippen LogP contribution in [0.4, 0.5) is 0 Å². The highest BCUT2D eigenvalue weighted by Crippen LogP contribution is 2.35. The Kier molecular flexibility index (Phi) is 6.43. The normalized spacial score (nSPS) is 15.9. The number of methoxy groups -OCH3 is 1. The largest absolute Gasteiger partial charge is 0.496 e. The van der Waals surface area contributed by atoms with Crippen molar-refractivity contribution < 1.29 is 14.3 Å². The Morgan fingerprint density at radius 2 is 2.03 bits per heavy atom. The fourth-order valence-corrected chi connectivity index (χ4v) is 5.19. The van der Waals surface area contributed by atoms with E-state index in [0.29, 0.717) is 31.9 Å². The number of hydrogen-bond donors (Lipinski definition) is 0. The molecule has 3 aromatic rings. The van der Waals surface area contributed by atoms with Crippen molar-refractivity contribution >= 4 is 39.3 Å². The summed E-state index contributed by atoms with van der Waals surface area (Å²) in [6.45, 7) is 3.74. The molecule has 0 saturated carbocycles. The fourth-order valence-electron chi connectivity index (χ4n) is 3.73. The highest BCUT2D eigenvalue weighted by molar-refractivity contribution is 9.10. The molecule has 4 rings (SSSR count). The molecule has 0 fully saturated rings. The number of nitrogens with zero attached hydrogens (tertiary/aromatic N) is 2. The van der Waals surface area contributed by atoms with Crippen molar-refractivity contribution in [1.29, 1.82) is 0 Å². The van der Waals surface area contributed by atoms with E-state index in [2.05, 4.69) is 20.9 Å². The minimum Gasteiger partial charge on any atom is -0.496 e. The minimum absolute atomic E-state index is 0.223. The molecule has 0 aliphatic carbocycles. The standard InChI is InChI=1S/C24H21BrN2O4S/c1-4-31-23(29)20-14(2)26-24-27(21(20)17-10-5-6-11-18(17)30-3)22(28)19(32-24)13-15-8-7-9-16(25)12-15/h5-13,21H,4H2,1-3H3/b19-13-. The smallest absolute Gasteiger partial charge is 0.338 e. The summed E-state index contributed by atoms with van der Waals surface area (Å²) >= 11 is 4.75. The molecule has 0 amide bonds. The Bertz CT molecular complexity index is 1400. The molecule has 0 spiro atoms. The van der Waals surface area contributed by atoms with Gasteiger partial charge in [0.1, 0.15) is 11.8 Å². The van der Waals surface area contributed by atoms with Crippen LogP contribution >= 0.6 is 27.3 Å². The van der Waals surface area contributed by atoms with Crippen molar-refractivity contribution in [3.8, 4) is 5.75 Å². The maximum absolute atomic E-state index is 13.6. The topological polar surface area (TPSA) is 69.9 Å². The van der Waals surface area contributed by atoms with Crippen molar-refractivity contribution in [3.05, 3.63) is 95.1 Å². The third-order valence-electron chi connectivity index (χ3n) is 5.10. The molecule has 0 radical (unpaired) electrons. The summed E-state index contributed by atoms with van der Waals surface area (Å²) in [5.74, 6) is 0.0847. The first-order valence-corrected chi connectivity index (χ1v) is 11.6. The predicted molar refractivity (Wildman–Crippen MR) is 128 cm³/mol. The number of thiazole rings is 1. The van der Waals surface area contributed by atoms with Gasteiger partial charge in [-0.05, 0) is 43.7 Å². The van der Waals surface area contributed by atoms with Gasteiger partial charge in [-0.3, -0.25) is 9.36 Å². The van der Waals surface area contributed by atoms with Crippen LogP contribution in [0.2, 0.25) is 0 Å². The average molecular weight is 513 g/mol. The number of fused-ring (bicyclic) bond motifs is 1. The summed E-state index contributed by atoms with van der Waals surface area (Å²) in [5, 5.41) is 0. The van der Waals surface area contributed by atoms with E-state index in [1.165, 1.54) is 11.3 Å². The molecule has 1 aromatic heterocycles. The number of carbonyl (C=O) groups excluding carboxylic acids is 1. The Hall–Kier alpha value is -2.97. The second-order valence-corrected chi connectivity index (χ2v) is 9.02. The van der Waals surface area contributed by atoms with Crippen LogP contribution in [0.3, 0.4) is 0 Å². The predicted octanol–water partition coefficient (Wildman–Crippen LogP) is 3.57. The highest BCUT2D eigenvalue weighted by Gasteiger charge is 2.34. The monoisotopic (exact) mass is 512 g/mol. The molecule has 0 N–H and O–H groups in total. The molecule has 32 heavy (non-hydrogen) atoms. The summed E-state index contributed by atoms with van der Waals surface area (Å²) in [4.78, 5) is 31.6. The maximum Gasteiger partial charge on any atom is 0.338 e. The van der Waals surface area contributed by atoms with Crippen molar-refractivity contribution in [1.82, 2.24) is 4.57 Å². The Morgan fingerprint density at radius 3 is 2.75 bits per heavy atom. The van der Waals surface area contributed by atoms with Crippen LogP contribution in [0.15, 0.2) is 74.1 Å². The van der Waals surface area contributed by atoms with E-state index in [-0.39, 0.29) is 12.2 Å². The lowest BCUT2D eigenvalue weighted by molar-refractivity contribution is -0.139. The minimum atomic E-state index is -0.703. The number of ether oxygens (including phenoxy) is 2. The number of halogens is 1. The second kappa shape index (κ2) is 9.26. The van der Waals surface area contributed by atoms with Gasteiger partial charge in [-0.25, -0.2) is 9.79 Å². The quantitative estimate of drug-likeness (QED) is 0.490. The number of aromatic nitrogens is 1. The Morgan fingerprint density at radius 1 is 1.25 bits per heavy atom. The van der Waals surface area contributed by atoms with Crippen molar-refractivity contribution in [3.63, 3.8) is 0 Å². The first-order chi connectivity index (χ1) is 15.4. The van der Waals surface area contributed by atoms with E-state index in [9.17, 15) is 9.59 Å². The van der Waals surface area contributed by atoms with Crippen LogP contribution in [0.25, 0.3) is 6.08 Å². The van der Waals surface area contributed by atoms with E-state index >= 15 is 0 Å². The summed E-state index contributed by atoms with van der Waals surface area (Å²) in [5.41, 5.74) is 2.22. The molecule has 0 bridgehead atoms. The lowest BCUT2D eigenvalue weighted by Crippen LogP contribution is -2.40. The molecule has 1 unspecified atom stereocenters. The number of para-hydroxylation sites is 1. The van der Waals surface area contributed by atoms with Crippen molar-refractivity contribution in [2.24, 2.45) is 4.99 Å². The lowest BCUT2D eigenvalue weighted by Gasteiger charge is -2.25. The first kappa shape index (κ1) is 22.2. The van der Waals surface area contributed by atoms with Gasteiger partial charge in [-0.1, -0.05) is 57.6 Å². The number of benzene rings is 2. The summed E-state index contributed by atoms with van der Waals surface area (Å²) in [6, 6.07) is 14.4. The van der Waals surface area contributed by atoms with Gasteiger partial charge in [0.25, 0.3) is 5.56 Å². The second-order valence-electron chi connectivity index (χ2n) is 7.10. The Balaban J connectivity index is 2.00. The summed E-state index contributed by atoms with van der Waals surface area (Å²) in [7, 11) is 1.57. The summed E-state index contributed by atoms with van der Waals surface area (Å²) in [6.07, 6.45) is 1.83. The number of rotatable bonds is 5. The van der Waals surface area contributed by atoms with Crippen LogP contribution in [0.1, 0.15) is 31.0 Å². The Labute approximate surface area is 197 Å².